The van der Waals surface area contributed by atoms with Crippen LogP contribution in [0, 0.1) is 17.8 Å². The quantitative estimate of drug-likeness (QED) is 0.677. The number of aliphatic hydroxyl groups excluding tert-OH is 1. The molecular weight excluding hydrogens is 184 g/mol. The zero-order valence-electron chi connectivity index (χ0n) is 9.23. The van der Waals surface area contributed by atoms with Gasteiger partial charge in [-0.15, -0.1) is 0 Å². The highest BCUT2D eigenvalue weighted by atomic mass is 16.5. The summed E-state index contributed by atoms with van der Waals surface area (Å²) in [6.45, 7) is 5.64. The van der Waals surface area contributed by atoms with E-state index in [1.165, 1.54) is 0 Å². The van der Waals surface area contributed by atoms with Crippen LogP contribution in [0.15, 0.2) is 0 Å². The highest BCUT2D eigenvalue weighted by Crippen LogP contribution is 2.21. The third-order valence-electron chi connectivity index (χ3n) is 2.73. The number of methoxy groups -OCH3 is 1. The molecule has 4 nitrogen and oxygen atoms in total. The first-order chi connectivity index (χ1) is 6.41. The van der Waals surface area contributed by atoms with Crippen molar-refractivity contribution in [2.75, 3.05) is 13.7 Å². The first kappa shape index (κ1) is 13.4. The number of ether oxygens (including phenoxy) is 1. The summed E-state index contributed by atoms with van der Waals surface area (Å²) in [4.78, 5) is 10.7. The fourth-order valence-corrected chi connectivity index (χ4v) is 1.40. The van der Waals surface area contributed by atoms with Crippen molar-refractivity contribution in [3.63, 3.8) is 0 Å². The van der Waals surface area contributed by atoms with Crippen molar-refractivity contribution in [2.45, 2.75) is 26.9 Å². The molecule has 4 unspecified atom stereocenters. The second-order valence-electron chi connectivity index (χ2n) is 3.91. The molecule has 0 fully saturated rings. The first-order valence-corrected chi connectivity index (χ1v) is 4.81. The Morgan fingerprint density at radius 1 is 1.36 bits per heavy atom. The molecule has 0 aliphatic rings. The van der Waals surface area contributed by atoms with Gasteiger partial charge in [-0.25, -0.2) is 0 Å². The van der Waals surface area contributed by atoms with E-state index < -0.39 is 18.0 Å². The van der Waals surface area contributed by atoms with Crippen LogP contribution < -0.4 is 0 Å². The predicted molar refractivity (Wildman–Crippen MR) is 53.0 cm³/mol. The van der Waals surface area contributed by atoms with Gasteiger partial charge in [0.1, 0.15) is 0 Å². The molecule has 0 spiro atoms. The zero-order chi connectivity index (χ0) is 11.3. The minimum absolute atomic E-state index is 0.0446. The standard InChI is InChI=1S/C10H20O4/c1-6(5-14-4)9(11)7(2)8(3)10(12)13/h6-9,11H,5H2,1-4H3,(H,12,13). The molecule has 4 heteroatoms. The van der Waals surface area contributed by atoms with Crippen molar-refractivity contribution in [2.24, 2.45) is 17.8 Å². The number of rotatable bonds is 6. The second-order valence-corrected chi connectivity index (χ2v) is 3.91. The Bertz CT molecular complexity index is 181. The normalized spacial score (nSPS) is 19.8. The van der Waals surface area contributed by atoms with E-state index in [2.05, 4.69) is 0 Å². The first-order valence-electron chi connectivity index (χ1n) is 4.81. The van der Waals surface area contributed by atoms with Gasteiger partial charge in [0, 0.05) is 13.0 Å². The van der Waals surface area contributed by atoms with Crippen molar-refractivity contribution >= 4 is 5.97 Å². The Morgan fingerprint density at radius 2 is 1.86 bits per heavy atom. The Morgan fingerprint density at radius 3 is 2.21 bits per heavy atom. The maximum Gasteiger partial charge on any atom is 0.306 e. The van der Waals surface area contributed by atoms with Crippen LogP contribution in [-0.2, 0) is 9.53 Å². The Kier molecular flexibility index (Phi) is 5.72. The van der Waals surface area contributed by atoms with Gasteiger partial charge >= 0.3 is 5.97 Å². The Labute approximate surface area is 84.9 Å². The van der Waals surface area contributed by atoms with Gasteiger partial charge in [0.15, 0.2) is 0 Å². The molecular formula is C10H20O4. The third-order valence-corrected chi connectivity index (χ3v) is 2.73. The van der Waals surface area contributed by atoms with Crippen molar-refractivity contribution in [3.05, 3.63) is 0 Å². The van der Waals surface area contributed by atoms with E-state index in [4.69, 9.17) is 9.84 Å². The summed E-state index contributed by atoms with van der Waals surface area (Å²) >= 11 is 0. The van der Waals surface area contributed by atoms with Crippen LogP contribution in [0.1, 0.15) is 20.8 Å². The summed E-state index contributed by atoms with van der Waals surface area (Å²) in [5.41, 5.74) is 0. The van der Waals surface area contributed by atoms with Crippen LogP contribution in [0.4, 0.5) is 0 Å². The third kappa shape index (κ3) is 3.64. The summed E-state index contributed by atoms with van der Waals surface area (Å²) in [6.07, 6.45) is -0.638. The minimum Gasteiger partial charge on any atom is -0.481 e. The van der Waals surface area contributed by atoms with Crippen LogP contribution in [0.2, 0.25) is 0 Å². The molecule has 84 valence electrons. The summed E-state index contributed by atoms with van der Waals surface area (Å²) in [6, 6.07) is 0. The maximum atomic E-state index is 10.7. The molecule has 0 bridgehead atoms. The van der Waals surface area contributed by atoms with Gasteiger partial charge < -0.3 is 14.9 Å². The number of carboxylic acid groups (broad SMARTS) is 1. The number of hydrogen-bond acceptors (Lipinski definition) is 3. The van der Waals surface area contributed by atoms with Gasteiger partial charge in [0.05, 0.1) is 18.6 Å². The molecule has 0 saturated heterocycles. The Hall–Kier alpha value is -0.610. The van der Waals surface area contributed by atoms with Gasteiger partial charge in [-0.2, -0.15) is 0 Å². The topological polar surface area (TPSA) is 66.8 Å². The molecule has 0 aromatic rings. The number of aliphatic carboxylic acids is 1. The Balaban J connectivity index is 4.22. The molecule has 0 rings (SSSR count). The lowest BCUT2D eigenvalue weighted by Gasteiger charge is -2.26. The number of carboxylic acids is 1. The molecule has 0 aliphatic carbocycles. The zero-order valence-corrected chi connectivity index (χ0v) is 9.23. The maximum absolute atomic E-state index is 10.7. The summed E-state index contributed by atoms with van der Waals surface area (Å²) in [5, 5.41) is 18.6. The van der Waals surface area contributed by atoms with E-state index in [1.54, 1.807) is 21.0 Å². The highest BCUT2D eigenvalue weighted by Gasteiger charge is 2.29. The molecule has 0 radical (unpaired) electrons. The smallest absolute Gasteiger partial charge is 0.306 e. The van der Waals surface area contributed by atoms with Crippen molar-refractivity contribution < 1.29 is 19.7 Å². The van der Waals surface area contributed by atoms with E-state index in [9.17, 15) is 9.90 Å². The average molecular weight is 204 g/mol. The largest absolute Gasteiger partial charge is 0.481 e. The molecule has 4 atom stereocenters. The van der Waals surface area contributed by atoms with E-state index in [-0.39, 0.29) is 11.8 Å². The van der Waals surface area contributed by atoms with E-state index in [0.29, 0.717) is 6.61 Å². The van der Waals surface area contributed by atoms with Crippen LogP contribution >= 0.6 is 0 Å². The molecule has 0 heterocycles. The predicted octanol–water partition coefficient (Wildman–Crippen LogP) is 0.987. The van der Waals surface area contributed by atoms with Crippen LogP contribution in [0.5, 0.6) is 0 Å². The fourth-order valence-electron chi connectivity index (χ4n) is 1.40. The molecule has 0 aliphatic heterocycles. The van der Waals surface area contributed by atoms with Crippen molar-refractivity contribution in [3.8, 4) is 0 Å². The molecule has 0 amide bonds. The van der Waals surface area contributed by atoms with Crippen LogP contribution in [0.25, 0.3) is 0 Å². The van der Waals surface area contributed by atoms with Gasteiger partial charge in [-0.1, -0.05) is 20.8 Å². The lowest BCUT2D eigenvalue weighted by Crippen LogP contribution is -2.35. The molecule has 0 aromatic heterocycles. The fraction of sp³-hybridized carbons (Fsp3) is 0.900. The molecule has 14 heavy (non-hydrogen) atoms. The molecule has 0 saturated carbocycles. The number of aliphatic hydroxyl groups is 1. The van der Waals surface area contributed by atoms with E-state index in [1.807, 2.05) is 6.92 Å². The van der Waals surface area contributed by atoms with Crippen molar-refractivity contribution in [1.82, 2.24) is 0 Å². The summed E-state index contributed by atoms with van der Waals surface area (Å²) < 4.78 is 4.91. The molecule has 0 aromatic carbocycles. The number of carbonyl (C=O) groups is 1. The lowest BCUT2D eigenvalue weighted by atomic mass is 9.85. The molecule has 2 N–H and O–H groups in total. The summed E-state index contributed by atoms with van der Waals surface area (Å²) in [7, 11) is 1.56. The monoisotopic (exact) mass is 204 g/mol. The van der Waals surface area contributed by atoms with Gasteiger partial charge in [-0.05, 0) is 5.92 Å². The van der Waals surface area contributed by atoms with Crippen molar-refractivity contribution in [1.29, 1.82) is 0 Å². The van der Waals surface area contributed by atoms with Crippen LogP contribution in [0.3, 0.4) is 0 Å². The average Bonchev–Trinajstić information content (AvgIpc) is 2.14. The van der Waals surface area contributed by atoms with Gasteiger partial charge in [0.2, 0.25) is 0 Å². The highest BCUT2D eigenvalue weighted by molar-refractivity contribution is 5.69. The van der Waals surface area contributed by atoms with E-state index in [0.717, 1.165) is 0 Å². The minimum atomic E-state index is -0.874. The second kappa shape index (κ2) is 5.98. The van der Waals surface area contributed by atoms with Gasteiger partial charge in [-0.3, -0.25) is 4.79 Å². The van der Waals surface area contributed by atoms with Crippen LogP contribution in [-0.4, -0.2) is 36.0 Å². The number of hydrogen-bond donors (Lipinski definition) is 2. The SMILES string of the molecule is COCC(C)C(O)C(C)C(C)C(=O)O. The summed E-state index contributed by atoms with van der Waals surface area (Å²) in [5.74, 6) is -1.72. The lowest BCUT2D eigenvalue weighted by molar-refractivity contribution is -0.145. The van der Waals surface area contributed by atoms with E-state index >= 15 is 0 Å². The van der Waals surface area contributed by atoms with Gasteiger partial charge in [0.25, 0.3) is 0 Å².